The van der Waals surface area contributed by atoms with E-state index in [2.05, 4.69) is 10.6 Å². The van der Waals surface area contributed by atoms with Gasteiger partial charge in [-0.15, -0.1) is 0 Å². The Morgan fingerprint density at radius 2 is 1.75 bits per heavy atom. The average molecular weight is 338 g/mol. The molecule has 0 spiro atoms. The highest BCUT2D eigenvalue weighted by Crippen LogP contribution is 2.33. The molecule has 24 heavy (non-hydrogen) atoms. The molecule has 1 aliphatic rings. The van der Waals surface area contributed by atoms with Gasteiger partial charge >= 0.3 is 6.03 Å². The second-order valence-corrected chi connectivity index (χ2v) is 6.25. The predicted molar refractivity (Wildman–Crippen MR) is 82.7 cm³/mol. The maximum Gasteiger partial charge on any atom is 0.328 e. The molecule has 0 aromatic carbocycles. The van der Waals surface area contributed by atoms with Crippen molar-refractivity contribution in [2.24, 2.45) is 11.8 Å². The highest BCUT2D eigenvalue weighted by Gasteiger charge is 2.47. The number of amides is 4. The van der Waals surface area contributed by atoms with E-state index in [0.717, 1.165) is 0 Å². The summed E-state index contributed by atoms with van der Waals surface area (Å²) in [6, 6.07) is -0.864. The second-order valence-electron chi connectivity index (χ2n) is 6.25. The number of aromatic nitrogens is 2. The van der Waals surface area contributed by atoms with Crippen LogP contribution in [0.1, 0.15) is 37.0 Å². The van der Waals surface area contributed by atoms with Crippen molar-refractivity contribution in [3.8, 4) is 0 Å². The Morgan fingerprint density at radius 1 is 1.21 bits per heavy atom. The van der Waals surface area contributed by atoms with Crippen LogP contribution in [-0.2, 0) is 16.1 Å². The summed E-state index contributed by atoms with van der Waals surface area (Å²) in [7, 11) is 0. The van der Waals surface area contributed by atoms with Gasteiger partial charge in [-0.2, -0.15) is 0 Å². The highest BCUT2D eigenvalue weighted by atomic mass is 16.5. The number of carbonyl (C=O) groups excluding carboxylic acids is 3. The minimum absolute atomic E-state index is 0.176. The number of aliphatic hydroxyl groups excluding tert-OH is 1. The summed E-state index contributed by atoms with van der Waals surface area (Å²) in [4.78, 5) is 35.8. The van der Waals surface area contributed by atoms with Crippen LogP contribution in [0.15, 0.2) is 0 Å². The summed E-state index contributed by atoms with van der Waals surface area (Å²) in [6.07, 6.45) is 0. The lowest BCUT2D eigenvalue weighted by atomic mass is 9.80. The molecule has 1 aromatic rings. The number of imide groups is 2. The minimum Gasteiger partial charge on any atom is -0.711 e. The van der Waals surface area contributed by atoms with Gasteiger partial charge in [-0.1, -0.05) is 13.8 Å². The van der Waals surface area contributed by atoms with E-state index in [9.17, 15) is 24.7 Å². The molecule has 1 atom stereocenters. The fourth-order valence-electron chi connectivity index (χ4n) is 3.18. The number of rotatable bonds is 5. The minimum atomic E-state index is -1.20. The van der Waals surface area contributed by atoms with Crippen LogP contribution in [0.4, 0.5) is 4.79 Å². The molecule has 4 amide bonds. The molecule has 132 valence electrons. The number of hydrogen-bond donors (Lipinski definition) is 3. The van der Waals surface area contributed by atoms with Crippen LogP contribution in [0, 0.1) is 30.9 Å². The third-order valence-electron chi connectivity index (χ3n) is 4.46. The Bertz CT molecular complexity index is 675. The Kier molecular flexibility index (Phi) is 4.93. The zero-order chi connectivity index (χ0) is 18.2. The van der Waals surface area contributed by atoms with E-state index in [-0.39, 0.29) is 24.9 Å². The summed E-state index contributed by atoms with van der Waals surface area (Å²) in [5, 5.41) is 26.1. The number of imidazole rings is 1. The summed E-state index contributed by atoms with van der Waals surface area (Å²) in [5.74, 6) is -3.39. The highest BCUT2D eigenvalue weighted by molar-refractivity contribution is 6.16. The average Bonchev–Trinajstić information content (AvgIpc) is 2.68. The van der Waals surface area contributed by atoms with Crippen LogP contribution in [0.25, 0.3) is 0 Å². The molecule has 0 bridgehead atoms. The Morgan fingerprint density at radius 3 is 2.21 bits per heavy atom. The van der Waals surface area contributed by atoms with Gasteiger partial charge in [0, 0.05) is 13.8 Å². The smallest absolute Gasteiger partial charge is 0.328 e. The molecule has 1 fully saturated rings. The van der Waals surface area contributed by atoms with Gasteiger partial charge in [0.2, 0.25) is 11.8 Å². The molecule has 3 N–H and O–H groups in total. The van der Waals surface area contributed by atoms with E-state index in [0.29, 0.717) is 16.1 Å². The van der Waals surface area contributed by atoms with Gasteiger partial charge < -0.3 is 10.3 Å². The lowest BCUT2D eigenvalue weighted by Gasteiger charge is -2.29. The zero-order valence-corrected chi connectivity index (χ0v) is 14.1. The normalized spacial score (nSPS) is 17.2. The first-order valence-corrected chi connectivity index (χ1v) is 7.76. The molecule has 9 heteroatoms. The maximum atomic E-state index is 12.6. The largest absolute Gasteiger partial charge is 0.711 e. The van der Waals surface area contributed by atoms with E-state index < -0.39 is 29.7 Å². The molecule has 0 radical (unpaired) electrons. The fraction of sp³-hybridized carbons (Fsp3) is 0.600. The van der Waals surface area contributed by atoms with E-state index in [1.165, 1.54) is 0 Å². The molecule has 1 saturated heterocycles. The zero-order valence-electron chi connectivity index (χ0n) is 14.1. The fourth-order valence-corrected chi connectivity index (χ4v) is 3.18. The lowest BCUT2D eigenvalue weighted by molar-refractivity contribution is -0.622. The second kappa shape index (κ2) is 6.60. The van der Waals surface area contributed by atoms with Crippen LogP contribution in [0.5, 0.6) is 0 Å². The Labute approximate surface area is 139 Å². The summed E-state index contributed by atoms with van der Waals surface area (Å²) in [5.41, 5.74) is 1.10. The van der Waals surface area contributed by atoms with Crippen LogP contribution in [0.3, 0.4) is 0 Å². The quantitative estimate of drug-likeness (QED) is 0.377. The third kappa shape index (κ3) is 2.86. The van der Waals surface area contributed by atoms with Crippen molar-refractivity contribution in [1.29, 1.82) is 0 Å². The monoisotopic (exact) mass is 338 g/mol. The lowest BCUT2D eigenvalue weighted by Crippen LogP contribution is -2.58. The predicted octanol–water partition coefficient (Wildman–Crippen LogP) is -0.548. The maximum absolute atomic E-state index is 12.6. The van der Waals surface area contributed by atoms with Crippen LogP contribution in [-0.4, -0.2) is 34.1 Å². The standard InChI is InChI=1S/C15H22N4O5/c1-7(2)10(11-12(21)16-15(23)17-13(11)22)14-18(5-6-20)8(3)9(4)19(14)24/h7,10-11,20H,5-6H2,1-4H3,(H2,16,17,21,22,23)/t10-/m0/s1. The molecule has 2 rings (SSSR count). The van der Waals surface area contributed by atoms with Crippen molar-refractivity contribution >= 4 is 17.8 Å². The number of nitrogens with zero attached hydrogens (tertiary/aromatic N) is 2. The Hall–Kier alpha value is -2.42. The number of nitrogens with one attached hydrogen (secondary N) is 2. The number of barbiturate groups is 1. The topological polar surface area (TPSA) is 127 Å². The van der Waals surface area contributed by atoms with Crippen LogP contribution in [0.2, 0.25) is 0 Å². The first-order chi connectivity index (χ1) is 11.2. The van der Waals surface area contributed by atoms with Gasteiger partial charge in [0.15, 0.2) is 0 Å². The molecule has 1 aromatic heterocycles. The van der Waals surface area contributed by atoms with Crippen molar-refractivity contribution in [2.75, 3.05) is 6.61 Å². The van der Waals surface area contributed by atoms with E-state index in [4.69, 9.17) is 0 Å². The summed E-state index contributed by atoms with van der Waals surface area (Å²) in [6.45, 7) is 6.96. The number of urea groups is 1. The molecular weight excluding hydrogens is 316 g/mol. The molecule has 0 saturated carbocycles. The van der Waals surface area contributed by atoms with E-state index >= 15 is 0 Å². The van der Waals surface area contributed by atoms with Gasteiger partial charge in [0.25, 0.3) is 5.82 Å². The molecule has 0 aliphatic carbocycles. The van der Waals surface area contributed by atoms with Crippen molar-refractivity contribution in [3.05, 3.63) is 22.4 Å². The van der Waals surface area contributed by atoms with Crippen molar-refractivity contribution in [1.82, 2.24) is 15.2 Å². The van der Waals surface area contributed by atoms with Crippen LogP contribution >= 0.6 is 0 Å². The van der Waals surface area contributed by atoms with Gasteiger partial charge in [-0.25, -0.2) is 14.1 Å². The molecule has 1 aliphatic heterocycles. The van der Waals surface area contributed by atoms with Gasteiger partial charge in [-0.3, -0.25) is 20.2 Å². The number of aliphatic hydroxyl groups is 1. The molecule has 9 nitrogen and oxygen atoms in total. The SMILES string of the molecule is Cc1c(C)[n+]([O-])c([C@@H](C(C)C)C2C(=O)NC(=O)NC2=O)n1CCO. The van der Waals surface area contributed by atoms with E-state index in [1.54, 1.807) is 32.3 Å². The Balaban J connectivity index is 2.61. The van der Waals surface area contributed by atoms with Gasteiger partial charge in [-0.05, 0) is 5.92 Å². The molecule has 2 heterocycles. The summed E-state index contributed by atoms with van der Waals surface area (Å²) >= 11 is 0. The van der Waals surface area contributed by atoms with Gasteiger partial charge in [0.1, 0.15) is 23.9 Å². The van der Waals surface area contributed by atoms with Crippen molar-refractivity contribution in [2.45, 2.75) is 40.2 Å². The first kappa shape index (κ1) is 17.9. The molecule has 0 unspecified atom stereocenters. The van der Waals surface area contributed by atoms with Crippen molar-refractivity contribution in [3.63, 3.8) is 0 Å². The molecular formula is C15H22N4O5. The number of hydrogen-bond acceptors (Lipinski definition) is 5. The van der Waals surface area contributed by atoms with E-state index in [1.807, 2.05) is 0 Å². The third-order valence-corrected chi connectivity index (χ3v) is 4.46. The van der Waals surface area contributed by atoms with Crippen molar-refractivity contribution < 1.29 is 24.2 Å². The number of carbonyl (C=O) groups is 3. The van der Waals surface area contributed by atoms with Gasteiger partial charge in [0.05, 0.1) is 12.5 Å². The summed E-state index contributed by atoms with van der Waals surface area (Å²) < 4.78 is 2.33. The first-order valence-electron chi connectivity index (χ1n) is 7.76. The van der Waals surface area contributed by atoms with Crippen LogP contribution < -0.4 is 15.4 Å².